The van der Waals surface area contributed by atoms with Gasteiger partial charge >= 0.3 is 12.1 Å². The molecular formula is C15H11ClF3N3O3. The van der Waals surface area contributed by atoms with Gasteiger partial charge in [-0.3, -0.25) is 9.20 Å². The van der Waals surface area contributed by atoms with Crippen LogP contribution in [0.15, 0.2) is 16.9 Å². The number of fused-ring (bicyclic) bond motifs is 3. The lowest BCUT2D eigenvalue weighted by Crippen LogP contribution is -2.13. The third-order valence-electron chi connectivity index (χ3n) is 3.66. The van der Waals surface area contributed by atoms with Crippen molar-refractivity contribution in [1.29, 1.82) is 0 Å². The van der Waals surface area contributed by atoms with E-state index in [1.54, 1.807) is 6.92 Å². The van der Waals surface area contributed by atoms with Crippen molar-refractivity contribution in [3.63, 3.8) is 0 Å². The Labute approximate surface area is 143 Å². The van der Waals surface area contributed by atoms with Gasteiger partial charge in [-0.05, 0) is 26.0 Å². The van der Waals surface area contributed by atoms with Crippen LogP contribution in [0.25, 0.3) is 16.7 Å². The van der Waals surface area contributed by atoms with Crippen LogP contribution in [0.5, 0.6) is 0 Å². The van der Waals surface area contributed by atoms with Crippen LogP contribution in [-0.2, 0) is 10.9 Å². The zero-order chi connectivity index (χ0) is 18.5. The van der Waals surface area contributed by atoms with Crippen molar-refractivity contribution in [3.8, 4) is 0 Å². The van der Waals surface area contributed by atoms with Crippen LogP contribution in [0.2, 0.25) is 5.02 Å². The maximum absolute atomic E-state index is 13.0. The molecule has 0 atom stereocenters. The number of hydrogen-bond acceptors (Lipinski definition) is 4. The second-order valence-electron chi connectivity index (χ2n) is 5.23. The van der Waals surface area contributed by atoms with Gasteiger partial charge in [0.25, 0.3) is 5.56 Å². The van der Waals surface area contributed by atoms with Gasteiger partial charge in [0, 0.05) is 0 Å². The average Bonchev–Trinajstić information content (AvgIpc) is 2.85. The van der Waals surface area contributed by atoms with Gasteiger partial charge in [0.2, 0.25) is 5.65 Å². The van der Waals surface area contributed by atoms with Gasteiger partial charge in [0.15, 0.2) is 5.69 Å². The van der Waals surface area contributed by atoms with E-state index >= 15 is 0 Å². The van der Waals surface area contributed by atoms with Crippen molar-refractivity contribution in [2.75, 3.05) is 6.61 Å². The van der Waals surface area contributed by atoms with Gasteiger partial charge in [-0.25, -0.2) is 9.78 Å². The molecular weight excluding hydrogens is 363 g/mol. The first-order valence-corrected chi connectivity index (χ1v) is 7.51. The summed E-state index contributed by atoms with van der Waals surface area (Å²) in [6.07, 6.45) is -4.67. The van der Waals surface area contributed by atoms with Crippen LogP contribution in [0.4, 0.5) is 13.2 Å². The van der Waals surface area contributed by atoms with E-state index in [1.165, 1.54) is 11.3 Å². The highest BCUT2D eigenvalue weighted by Gasteiger charge is 2.34. The molecule has 0 saturated carbocycles. The molecule has 2 aromatic heterocycles. The molecule has 0 aliphatic heterocycles. The number of aryl methyl sites for hydroxylation is 1. The number of imidazole rings is 1. The fourth-order valence-corrected chi connectivity index (χ4v) is 2.85. The van der Waals surface area contributed by atoms with Crippen molar-refractivity contribution in [2.24, 2.45) is 0 Å². The molecule has 2 heterocycles. The molecule has 6 nitrogen and oxygen atoms in total. The molecule has 1 N–H and O–H groups in total. The largest absolute Gasteiger partial charge is 0.461 e. The Morgan fingerprint density at radius 2 is 2.08 bits per heavy atom. The molecule has 0 spiro atoms. The minimum atomic E-state index is -4.67. The summed E-state index contributed by atoms with van der Waals surface area (Å²) in [5.41, 5.74) is -1.65. The molecule has 0 amide bonds. The number of H-pyrrole nitrogens is 1. The summed E-state index contributed by atoms with van der Waals surface area (Å²) in [4.78, 5) is 30.4. The summed E-state index contributed by atoms with van der Waals surface area (Å²) in [5.74, 6) is -0.728. The first-order valence-electron chi connectivity index (χ1n) is 7.14. The highest BCUT2D eigenvalue weighted by molar-refractivity contribution is 6.32. The lowest BCUT2D eigenvalue weighted by molar-refractivity contribution is -0.137. The van der Waals surface area contributed by atoms with Crippen molar-refractivity contribution >= 4 is 34.3 Å². The topological polar surface area (TPSA) is 76.5 Å². The Morgan fingerprint density at radius 1 is 1.40 bits per heavy atom. The van der Waals surface area contributed by atoms with Crippen molar-refractivity contribution < 1.29 is 22.7 Å². The number of aromatic amines is 1. The van der Waals surface area contributed by atoms with E-state index in [2.05, 4.69) is 9.97 Å². The van der Waals surface area contributed by atoms with Crippen LogP contribution in [0.1, 0.15) is 28.7 Å². The van der Waals surface area contributed by atoms with Gasteiger partial charge < -0.3 is 9.72 Å². The number of ether oxygens (including phenoxy) is 1. The van der Waals surface area contributed by atoms with Crippen LogP contribution >= 0.6 is 11.6 Å². The second-order valence-corrected chi connectivity index (χ2v) is 5.63. The predicted octanol–water partition coefficient (Wildman–Crippen LogP) is 3.33. The number of rotatable bonds is 2. The van der Waals surface area contributed by atoms with Crippen molar-refractivity contribution in [1.82, 2.24) is 14.4 Å². The van der Waals surface area contributed by atoms with E-state index in [0.717, 1.165) is 12.1 Å². The monoisotopic (exact) mass is 373 g/mol. The molecule has 0 bridgehead atoms. The summed E-state index contributed by atoms with van der Waals surface area (Å²) < 4.78 is 45.2. The van der Waals surface area contributed by atoms with Gasteiger partial charge in [-0.2, -0.15) is 13.2 Å². The van der Waals surface area contributed by atoms with E-state index in [9.17, 15) is 22.8 Å². The fourth-order valence-electron chi connectivity index (χ4n) is 2.58. The average molecular weight is 374 g/mol. The number of benzene rings is 1. The van der Waals surface area contributed by atoms with Gasteiger partial charge in [0.1, 0.15) is 0 Å². The number of carbonyl (C=O) groups excluding carboxylic acids is 1. The third kappa shape index (κ3) is 2.74. The SMILES string of the molecule is CCOC(=O)c1nc2c(=O)[nH]c3cc(C(F)(F)F)c(Cl)cc3n2c1C. The molecule has 0 radical (unpaired) electrons. The Hall–Kier alpha value is -2.55. The summed E-state index contributed by atoms with van der Waals surface area (Å²) in [5, 5.41) is -0.529. The quantitative estimate of drug-likeness (QED) is 0.699. The number of alkyl halides is 3. The number of halogens is 4. The number of esters is 1. The molecule has 0 unspecified atom stereocenters. The van der Waals surface area contributed by atoms with E-state index in [1.807, 2.05) is 0 Å². The highest BCUT2D eigenvalue weighted by Crippen LogP contribution is 2.36. The van der Waals surface area contributed by atoms with Gasteiger partial charge in [0.05, 0.1) is 33.9 Å². The number of aromatic nitrogens is 3. The minimum Gasteiger partial charge on any atom is -0.461 e. The predicted molar refractivity (Wildman–Crippen MR) is 84.0 cm³/mol. The van der Waals surface area contributed by atoms with E-state index in [0.29, 0.717) is 0 Å². The Morgan fingerprint density at radius 3 is 2.68 bits per heavy atom. The maximum Gasteiger partial charge on any atom is 0.417 e. The number of nitrogens with zero attached hydrogens (tertiary/aromatic N) is 2. The van der Waals surface area contributed by atoms with Crippen LogP contribution in [0, 0.1) is 6.92 Å². The summed E-state index contributed by atoms with van der Waals surface area (Å²) in [7, 11) is 0. The van der Waals surface area contributed by atoms with Crippen molar-refractivity contribution in [2.45, 2.75) is 20.0 Å². The Bertz CT molecular complexity index is 1070. The van der Waals surface area contributed by atoms with Crippen LogP contribution in [0.3, 0.4) is 0 Å². The third-order valence-corrected chi connectivity index (χ3v) is 3.97. The van der Waals surface area contributed by atoms with Crippen LogP contribution in [-0.4, -0.2) is 26.9 Å². The van der Waals surface area contributed by atoms with Gasteiger partial charge in [-0.1, -0.05) is 11.6 Å². The minimum absolute atomic E-state index is 0.0786. The number of carbonyl (C=O) groups is 1. The first kappa shape index (κ1) is 17.3. The molecule has 3 rings (SSSR count). The molecule has 0 aliphatic carbocycles. The standard InChI is InChI=1S/C15H11ClF3N3O3/c1-3-25-14(24)11-6(2)22-10-5-8(16)7(15(17,18)19)4-9(10)20-13(23)12(22)21-11/h4-5H,3H2,1-2H3,(H,20,23). The van der Waals surface area contributed by atoms with E-state index < -0.39 is 28.3 Å². The molecule has 3 aromatic rings. The normalized spacial score (nSPS) is 12.1. The molecule has 0 saturated heterocycles. The zero-order valence-electron chi connectivity index (χ0n) is 13.0. The smallest absolute Gasteiger partial charge is 0.417 e. The molecule has 132 valence electrons. The molecule has 25 heavy (non-hydrogen) atoms. The fraction of sp³-hybridized carbons (Fsp3) is 0.267. The zero-order valence-corrected chi connectivity index (χ0v) is 13.7. The van der Waals surface area contributed by atoms with Crippen LogP contribution < -0.4 is 5.56 Å². The Kier molecular flexibility index (Phi) is 3.98. The molecule has 10 heteroatoms. The second kappa shape index (κ2) is 5.76. The van der Waals surface area contributed by atoms with Gasteiger partial charge in [-0.15, -0.1) is 0 Å². The highest BCUT2D eigenvalue weighted by atomic mass is 35.5. The Balaban J connectivity index is 2.40. The molecule has 0 aliphatic rings. The summed E-state index contributed by atoms with van der Waals surface area (Å²) >= 11 is 5.76. The lowest BCUT2D eigenvalue weighted by atomic mass is 10.2. The lowest BCUT2D eigenvalue weighted by Gasteiger charge is -2.11. The number of hydrogen-bond donors (Lipinski definition) is 1. The van der Waals surface area contributed by atoms with Crippen molar-refractivity contribution in [3.05, 3.63) is 44.5 Å². The first-order chi connectivity index (χ1) is 11.6. The van der Waals surface area contributed by atoms with E-state index in [4.69, 9.17) is 16.3 Å². The van der Waals surface area contributed by atoms with E-state index in [-0.39, 0.29) is 34.7 Å². The molecule has 0 fully saturated rings. The summed E-state index contributed by atoms with van der Waals surface area (Å²) in [6.45, 7) is 3.24. The summed E-state index contributed by atoms with van der Waals surface area (Å²) in [6, 6.07) is 1.83. The maximum atomic E-state index is 13.0. The number of nitrogens with one attached hydrogen (secondary N) is 1. The molecule has 1 aromatic carbocycles.